The van der Waals surface area contributed by atoms with Crippen molar-refractivity contribution >= 4 is 0 Å². The molecule has 0 aliphatic rings. The van der Waals surface area contributed by atoms with Gasteiger partial charge in [0, 0.05) is 0 Å². The Kier molecular flexibility index (Phi) is 7.06. The summed E-state index contributed by atoms with van der Waals surface area (Å²) in [5, 5.41) is 0. The molecule has 0 aliphatic carbocycles. The quantitative estimate of drug-likeness (QED) is 0.582. The summed E-state index contributed by atoms with van der Waals surface area (Å²) in [6, 6.07) is 19.8. The van der Waals surface area contributed by atoms with Gasteiger partial charge in [-0.15, -0.1) is 13.2 Å². The minimum Gasteiger partial charge on any atom is -0.465 e. The molecule has 2 rings (SSSR count). The first kappa shape index (κ1) is 15.0. The fourth-order valence-electron chi connectivity index (χ4n) is 1.51. The second-order valence-corrected chi connectivity index (χ2v) is 3.80. The summed E-state index contributed by atoms with van der Waals surface area (Å²) in [7, 11) is 0. The van der Waals surface area contributed by atoms with Crippen LogP contribution >= 0.6 is 0 Å². The van der Waals surface area contributed by atoms with Gasteiger partial charge in [0.15, 0.2) is 6.29 Å². The Bertz CT molecular complexity index is 439. The summed E-state index contributed by atoms with van der Waals surface area (Å²) in [4.78, 5) is 0. The van der Waals surface area contributed by atoms with Crippen molar-refractivity contribution in [3.8, 4) is 5.75 Å². The number of rotatable bonds is 5. The van der Waals surface area contributed by atoms with E-state index in [0.717, 1.165) is 11.3 Å². The van der Waals surface area contributed by atoms with Crippen LogP contribution < -0.4 is 4.74 Å². The highest BCUT2D eigenvalue weighted by Crippen LogP contribution is 2.12. The van der Waals surface area contributed by atoms with Crippen molar-refractivity contribution in [1.82, 2.24) is 0 Å². The van der Waals surface area contributed by atoms with E-state index in [9.17, 15) is 0 Å². The zero-order valence-corrected chi connectivity index (χ0v) is 11.3. The van der Waals surface area contributed by atoms with Gasteiger partial charge in [0.25, 0.3) is 0 Å². The zero-order valence-electron chi connectivity index (χ0n) is 11.3. The van der Waals surface area contributed by atoms with Crippen LogP contribution in [0.2, 0.25) is 0 Å². The molecule has 2 heteroatoms. The van der Waals surface area contributed by atoms with E-state index in [4.69, 9.17) is 9.47 Å². The van der Waals surface area contributed by atoms with Crippen LogP contribution in [-0.4, -0.2) is 6.29 Å². The molecule has 0 fully saturated rings. The standard InChI is InChI=1S/C15H16O2.C2H4/c1-13(17-15-10-6-3-7-11-15)16-12-14-8-4-2-5-9-14;1-2/h2-11,13H,12H2,1H3;1-2H2. The number of hydrogen-bond acceptors (Lipinski definition) is 2. The fraction of sp³-hybridized carbons (Fsp3) is 0.176. The highest BCUT2D eigenvalue weighted by Gasteiger charge is 2.03. The van der Waals surface area contributed by atoms with Gasteiger partial charge in [-0.3, -0.25) is 0 Å². The van der Waals surface area contributed by atoms with Crippen LogP contribution in [0.1, 0.15) is 12.5 Å². The predicted octanol–water partition coefficient (Wildman–Crippen LogP) is 4.43. The fourth-order valence-corrected chi connectivity index (χ4v) is 1.51. The molecule has 2 nitrogen and oxygen atoms in total. The summed E-state index contributed by atoms with van der Waals surface area (Å²) in [5.74, 6) is 0.827. The second kappa shape index (κ2) is 8.95. The van der Waals surface area contributed by atoms with Crippen molar-refractivity contribution in [2.45, 2.75) is 19.8 Å². The van der Waals surface area contributed by atoms with Gasteiger partial charge in [0.05, 0.1) is 6.61 Å². The third-order valence-corrected chi connectivity index (χ3v) is 2.37. The molecule has 0 bridgehead atoms. The van der Waals surface area contributed by atoms with E-state index in [1.54, 1.807) is 0 Å². The van der Waals surface area contributed by atoms with Gasteiger partial charge >= 0.3 is 0 Å². The molecule has 1 unspecified atom stereocenters. The molecule has 0 aliphatic heterocycles. The first-order valence-corrected chi connectivity index (χ1v) is 6.22. The van der Waals surface area contributed by atoms with Crippen LogP contribution in [0.25, 0.3) is 0 Å². The Morgan fingerprint density at radius 1 is 0.895 bits per heavy atom. The molecule has 0 amide bonds. The highest BCUT2D eigenvalue weighted by molar-refractivity contribution is 5.21. The number of ether oxygens (including phenoxy) is 2. The molecule has 100 valence electrons. The molecule has 0 spiro atoms. The van der Waals surface area contributed by atoms with Gasteiger partial charge in [-0.05, 0) is 24.6 Å². The van der Waals surface area contributed by atoms with Crippen LogP contribution in [0.15, 0.2) is 73.8 Å². The first-order chi connectivity index (χ1) is 9.34. The molecular formula is C17H20O2. The lowest BCUT2D eigenvalue weighted by Gasteiger charge is -2.15. The Morgan fingerprint density at radius 3 is 2.00 bits per heavy atom. The molecule has 0 N–H and O–H groups in total. The third kappa shape index (κ3) is 5.89. The Hall–Kier alpha value is -2.06. The maximum atomic E-state index is 5.61. The lowest BCUT2D eigenvalue weighted by atomic mass is 10.2. The van der Waals surface area contributed by atoms with Crippen LogP contribution in [0, 0.1) is 0 Å². The molecule has 0 radical (unpaired) electrons. The summed E-state index contributed by atoms with van der Waals surface area (Å²) in [5.41, 5.74) is 1.15. The Balaban J connectivity index is 0.000000861. The maximum Gasteiger partial charge on any atom is 0.197 e. The lowest BCUT2D eigenvalue weighted by molar-refractivity contribution is -0.0759. The Labute approximate surface area is 115 Å². The van der Waals surface area contributed by atoms with E-state index in [1.165, 1.54) is 0 Å². The van der Waals surface area contributed by atoms with Crippen molar-refractivity contribution < 1.29 is 9.47 Å². The summed E-state index contributed by atoms with van der Waals surface area (Å²) in [6.45, 7) is 8.46. The van der Waals surface area contributed by atoms with Crippen LogP contribution in [0.4, 0.5) is 0 Å². The molecule has 0 saturated heterocycles. The van der Waals surface area contributed by atoms with Crippen LogP contribution in [0.3, 0.4) is 0 Å². The minimum atomic E-state index is -0.252. The third-order valence-electron chi connectivity index (χ3n) is 2.37. The van der Waals surface area contributed by atoms with Gasteiger partial charge in [-0.1, -0.05) is 48.5 Å². The van der Waals surface area contributed by atoms with Crippen LogP contribution in [-0.2, 0) is 11.3 Å². The van der Waals surface area contributed by atoms with E-state index in [0.29, 0.717) is 6.61 Å². The van der Waals surface area contributed by atoms with E-state index in [1.807, 2.05) is 67.6 Å². The second-order valence-electron chi connectivity index (χ2n) is 3.80. The molecule has 0 aromatic heterocycles. The lowest BCUT2D eigenvalue weighted by Crippen LogP contribution is -2.15. The van der Waals surface area contributed by atoms with Gasteiger partial charge in [0.1, 0.15) is 5.75 Å². The number of benzene rings is 2. The monoisotopic (exact) mass is 256 g/mol. The first-order valence-electron chi connectivity index (χ1n) is 6.22. The minimum absolute atomic E-state index is 0.252. The van der Waals surface area contributed by atoms with Gasteiger partial charge in [-0.2, -0.15) is 0 Å². The average molecular weight is 256 g/mol. The van der Waals surface area contributed by atoms with Gasteiger partial charge < -0.3 is 9.47 Å². The molecule has 19 heavy (non-hydrogen) atoms. The smallest absolute Gasteiger partial charge is 0.197 e. The zero-order chi connectivity index (χ0) is 13.9. The number of hydrogen-bond donors (Lipinski definition) is 0. The largest absolute Gasteiger partial charge is 0.465 e. The van der Waals surface area contributed by atoms with Crippen molar-refractivity contribution in [2.24, 2.45) is 0 Å². The molecule has 1 atom stereocenters. The molecule has 0 heterocycles. The van der Waals surface area contributed by atoms with Crippen molar-refractivity contribution in [3.63, 3.8) is 0 Å². The van der Waals surface area contributed by atoms with E-state index < -0.39 is 0 Å². The van der Waals surface area contributed by atoms with E-state index >= 15 is 0 Å². The van der Waals surface area contributed by atoms with Crippen molar-refractivity contribution in [1.29, 1.82) is 0 Å². The maximum absolute atomic E-state index is 5.61. The summed E-state index contributed by atoms with van der Waals surface area (Å²) in [6.07, 6.45) is -0.252. The molecule has 0 saturated carbocycles. The summed E-state index contributed by atoms with van der Waals surface area (Å²) >= 11 is 0. The highest BCUT2D eigenvalue weighted by atomic mass is 16.7. The van der Waals surface area contributed by atoms with E-state index in [2.05, 4.69) is 13.2 Å². The van der Waals surface area contributed by atoms with Crippen molar-refractivity contribution in [2.75, 3.05) is 0 Å². The van der Waals surface area contributed by atoms with Gasteiger partial charge in [0.2, 0.25) is 0 Å². The Morgan fingerprint density at radius 2 is 1.42 bits per heavy atom. The normalized spacial score (nSPS) is 11.0. The topological polar surface area (TPSA) is 18.5 Å². The molecule has 2 aromatic carbocycles. The SMILES string of the molecule is C=C.CC(OCc1ccccc1)Oc1ccccc1. The predicted molar refractivity (Wildman–Crippen MR) is 79.0 cm³/mol. The van der Waals surface area contributed by atoms with E-state index in [-0.39, 0.29) is 6.29 Å². The van der Waals surface area contributed by atoms with Crippen LogP contribution in [0.5, 0.6) is 5.75 Å². The molecular weight excluding hydrogens is 236 g/mol. The number of para-hydroxylation sites is 1. The summed E-state index contributed by atoms with van der Waals surface area (Å²) < 4.78 is 11.2. The average Bonchev–Trinajstić information content (AvgIpc) is 2.49. The molecule has 2 aromatic rings. The van der Waals surface area contributed by atoms with Crippen molar-refractivity contribution in [3.05, 3.63) is 79.4 Å². The van der Waals surface area contributed by atoms with Gasteiger partial charge in [-0.25, -0.2) is 0 Å².